The molecule has 1 unspecified atom stereocenters. The number of halogens is 1. The molecular formula is C20H28FN3O3. The van der Waals surface area contributed by atoms with E-state index >= 15 is 0 Å². The van der Waals surface area contributed by atoms with Gasteiger partial charge in [-0.25, -0.2) is 4.39 Å². The standard InChI is InChI=1S/C20H28FN3O3/c1-16(27-18-7-4-6-17(21)14-18)20(26)24-11-5-8-22(12-13-24)15-19(25)23-9-2-3-10-23/h4,6-7,14,16H,2-3,5,8-13,15H2,1H3. The van der Waals surface area contributed by atoms with Crippen molar-refractivity contribution >= 4 is 11.8 Å². The minimum Gasteiger partial charge on any atom is -0.481 e. The van der Waals surface area contributed by atoms with E-state index in [1.54, 1.807) is 24.0 Å². The molecule has 0 aromatic heterocycles. The second-order valence-corrected chi connectivity index (χ2v) is 7.26. The summed E-state index contributed by atoms with van der Waals surface area (Å²) in [5.74, 6) is 0.0470. The van der Waals surface area contributed by atoms with Gasteiger partial charge in [0.2, 0.25) is 5.91 Å². The summed E-state index contributed by atoms with van der Waals surface area (Å²) in [6, 6.07) is 5.81. The van der Waals surface area contributed by atoms with Crippen LogP contribution >= 0.6 is 0 Å². The van der Waals surface area contributed by atoms with E-state index in [9.17, 15) is 14.0 Å². The molecule has 0 radical (unpaired) electrons. The second-order valence-electron chi connectivity index (χ2n) is 7.26. The number of carbonyl (C=O) groups is 2. The van der Waals surface area contributed by atoms with Crippen LogP contribution < -0.4 is 4.74 Å². The molecule has 1 aromatic rings. The Morgan fingerprint density at radius 1 is 1.04 bits per heavy atom. The third kappa shape index (κ3) is 5.42. The van der Waals surface area contributed by atoms with Crippen LogP contribution in [0.5, 0.6) is 5.75 Å². The largest absolute Gasteiger partial charge is 0.481 e. The molecule has 2 heterocycles. The first-order chi connectivity index (χ1) is 13.0. The van der Waals surface area contributed by atoms with Gasteiger partial charge >= 0.3 is 0 Å². The van der Waals surface area contributed by atoms with Crippen molar-refractivity contribution in [1.82, 2.24) is 14.7 Å². The van der Waals surface area contributed by atoms with Crippen molar-refractivity contribution in [2.45, 2.75) is 32.3 Å². The highest BCUT2D eigenvalue weighted by atomic mass is 19.1. The minimum atomic E-state index is -0.676. The van der Waals surface area contributed by atoms with Crippen LogP contribution in [0.2, 0.25) is 0 Å². The average Bonchev–Trinajstić information content (AvgIpc) is 3.09. The molecule has 2 aliphatic rings. The summed E-state index contributed by atoms with van der Waals surface area (Å²) < 4.78 is 18.9. The van der Waals surface area contributed by atoms with Crippen LogP contribution in [0, 0.1) is 5.82 Å². The number of benzene rings is 1. The third-order valence-corrected chi connectivity index (χ3v) is 5.17. The number of rotatable bonds is 5. The Kier molecular flexibility index (Phi) is 6.66. The fourth-order valence-electron chi connectivity index (χ4n) is 3.66. The van der Waals surface area contributed by atoms with Crippen molar-refractivity contribution in [3.05, 3.63) is 30.1 Å². The molecule has 3 rings (SSSR count). The van der Waals surface area contributed by atoms with E-state index in [-0.39, 0.29) is 17.6 Å². The van der Waals surface area contributed by atoms with Gasteiger partial charge in [0, 0.05) is 45.3 Å². The van der Waals surface area contributed by atoms with Crippen LogP contribution in [-0.2, 0) is 9.59 Å². The summed E-state index contributed by atoms with van der Waals surface area (Å²) in [5, 5.41) is 0. The molecule has 27 heavy (non-hydrogen) atoms. The van der Waals surface area contributed by atoms with Crippen molar-refractivity contribution in [3.8, 4) is 5.75 Å². The smallest absolute Gasteiger partial charge is 0.263 e. The highest BCUT2D eigenvalue weighted by molar-refractivity contribution is 5.81. The van der Waals surface area contributed by atoms with E-state index in [4.69, 9.17) is 4.74 Å². The molecule has 0 aliphatic carbocycles. The molecular weight excluding hydrogens is 349 g/mol. The van der Waals surface area contributed by atoms with Gasteiger partial charge in [0.05, 0.1) is 6.54 Å². The minimum absolute atomic E-state index is 0.105. The lowest BCUT2D eigenvalue weighted by atomic mass is 10.3. The molecule has 1 atom stereocenters. The van der Waals surface area contributed by atoms with Crippen LogP contribution in [0.1, 0.15) is 26.2 Å². The Bertz CT molecular complexity index is 664. The maximum atomic E-state index is 13.3. The molecule has 0 bridgehead atoms. The SMILES string of the molecule is CC(Oc1cccc(F)c1)C(=O)N1CCCN(CC(=O)N2CCCC2)CC1. The number of hydrogen-bond donors (Lipinski definition) is 0. The van der Waals surface area contributed by atoms with Gasteiger partial charge < -0.3 is 14.5 Å². The van der Waals surface area contributed by atoms with Crippen LogP contribution in [0.3, 0.4) is 0 Å². The molecule has 2 amide bonds. The molecule has 0 spiro atoms. The summed E-state index contributed by atoms with van der Waals surface area (Å²) in [4.78, 5) is 30.9. The monoisotopic (exact) mass is 377 g/mol. The maximum Gasteiger partial charge on any atom is 0.263 e. The van der Waals surface area contributed by atoms with Gasteiger partial charge in [-0.05, 0) is 38.3 Å². The Labute approximate surface area is 159 Å². The first kappa shape index (κ1) is 19.6. The zero-order valence-corrected chi connectivity index (χ0v) is 15.9. The highest BCUT2D eigenvalue weighted by Gasteiger charge is 2.26. The number of hydrogen-bond acceptors (Lipinski definition) is 4. The summed E-state index contributed by atoms with van der Waals surface area (Å²) in [5.41, 5.74) is 0. The van der Waals surface area contributed by atoms with E-state index in [1.165, 1.54) is 12.1 Å². The second kappa shape index (κ2) is 9.17. The van der Waals surface area contributed by atoms with Crippen LogP contribution in [0.4, 0.5) is 4.39 Å². The highest BCUT2D eigenvalue weighted by Crippen LogP contribution is 2.16. The number of carbonyl (C=O) groups excluding carboxylic acids is 2. The molecule has 0 N–H and O–H groups in total. The van der Waals surface area contributed by atoms with Gasteiger partial charge in [-0.1, -0.05) is 6.07 Å². The van der Waals surface area contributed by atoms with Crippen LogP contribution in [-0.4, -0.2) is 78.4 Å². The summed E-state index contributed by atoms with van der Waals surface area (Å²) in [6.45, 7) is 6.55. The van der Waals surface area contributed by atoms with Crippen molar-refractivity contribution in [3.63, 3.8) is 0 Å². The van der Waals surface area contributed by atoms with E-state index in [0.717, 1.165) is 38.9 Å². The zero-order chi connectivity index (χ0) is 19.2. The van der Waals surface area contributed by atoms with E-state index < -0.39 is 6.10 Å². The lowest BCUT2D eigenvalue weighted by Gasteiger charge is -2.25. The topological polar surface area (TPSA) is 53.1 Å². The van der Waals surface area contributed by atoms with Gasteiger partial charge in [0.1, 0.15) is 11.6 Å². The van der Waals surface area contributed by atoms with Crippen LogP contribution in [0.25, 0.3) is 0 Å². The Balaban J connectivity index is 1.49. The summed E-state index contributed by atoms with van der Waals surface area (Å²) in [7, 11) is 0. The fourth-order valence-corrected chi connectivity index (χ4v) is 3.66. The van der Waals surface area contributed by atoms with Crippen molar-refractivity contribution in [1.29, 1.82) is 0 Å². The maximum absolute atomic E-state index is 13.3. The molecule has 2 saturated heterocycles. The first-order valence-corrected chi connectivity index (χ1v) is 9.74. The zero-order valence-electron chi connectivity index (χ0n) is 15.9. The molecule has 148 valence electrons. The normalized spacial score (nSPS) is 19.6. The average molecular weight is 377 g/mol. The molecule has 2 fully saturated rings. The molecule has 6 nitrogen and oxygen atoms in total. The molecule has 2 aliphatic heterocycles. The number of ether oxygens (including phenoxy) is 1. The van der Waals surface area contributed by atoms with Crippen molar-refractivity contribution in [2.24, 2.45) is 0 Å². The van der Waals surface area contributed by atoms with Crippen molar-refractivity contribution in [2.75, 3.05) is 45.8 Å². The quantitative estimate of drug-likeness (QED) is 0.785. The van der Waals surface area contributed by atoms with E-state index in [1.807, 2.05) is 4.90 Å². The predicted octanol–water partition coefficient (Wildman–Crippen LogP) is 1.75. The molecule has 0 saturated carbocycles. The van der Waals surface area contributed by atoms with Crippen molar-refractivity contribution < 1.29 is 18.7 Å². The lowest BCUT2D eigenvalue weighted by Crippen LogP contribution is -2.43. The third-order valence-electron chi connectivity index (χ3n) is 5.17. The Hall–Kier alpha value is -2.15. The van der Waals surface area contributed by atoms with Gasteiger partial charge in [0.15, 0.2) is 6.10 Å². The number of likely N-dealkylation sites (tertiary alicyclic amines) is 1. The Morgan fingerprint density at radius 2 is 1.78 bits per heavy atom. The molecule has 7 heteroatoms. The van der Waals surface area contributed by atoms with E-state index in [2.05, 4.69) is 4.90 Å². The number of amides is 2. The summed E-state index contributed by atoms with van der Waals surface area (Å²) in [6.07, 6.45) is 2.34. The Morgan fingerprint density at radius 3 is 2.52 bits per heavy atom. The van der Waals surface area contributed by atoms with Gasteiger partial charge in [-0.2, -0.15) is 0 Å². The summed E-state index contributed by atoms with van der Waals surface area (Å²) >= 11 is 0. The predicted molar refractivity (Wildman–Crippen MR) is 99.9 cm³/mol. The van der Waals surface area contributed by atoms with Crippen LogP contribution in [0.15, 0.2) is 24.3 Å². The first-order valence-electron chi connectivity index (χ1n) is 9.74. The van der Waals surface area contributed by atoms with E-state index in [0.29, 0.717) is 31.9 Å². The lowest BCUT2D eigenvalue weighted by molar-refractivity contribution is -0.137. The van der Waals surface area contributed by atoms with Gasteiger partial charge in [0.25, 0.3) is 5.91 Å². The van der Waals surface area contributed by atoms with Gasteiger partial charge in [-0.3, -0.25) is 14.5 Å². The van der Waals surface area contributed by atoms with Gasteiger partial charge in [-0.15, -0.1) is 0 Å². The number of nitrogens with zero attached hydrogens (tertiary/aromatic N) is 3. The molecule has 1 aromatic carbocycles. The fraction of sp³-hybridized carbons (Fsp3) is 0.600.